The first-order valence-corrected chi connectivity index (χ1v) is 5.94. The van der Waals surface area contributed by atoms with Crippen molar-refractivity contribution in [1.29, 1.82) is 0 Å². The molecule has 0 spiro atoms. The molecular weight excluding hydrogens is 244 g/mol. The normalized spacial score (nSPS) is 9.76. The molecule has 0 aliphatic rings. The number of nitrogens with one attached hydrogen (secondary N) is 2. The second-order valence-electron chi connectivity index (χ2n) is 2.86. The Morgan fingerprint density at radius 1 is 1.53 bits per heavy atom. The van der Waals surface area contributed by atoms with Gasteiger partial charge in [0.1, 0.15) is 18.2 Å². The molecule has 1 amide bonds. The van der Waals surface area contributed by atoms with E-state index in [1.165, 1.54) is 11.8 Å². The maximum atomic E-state index is 10.3. The van der Waals surface area contributed by atoms with Crippen molar-refractivity contribution in [3.8, 4) is 0 Å². The molecule has 0 aromatic carbocycles. The molecule has 1 rings (SSSR count). The van der Waals surface area contributed by atoms with Crippen LogP contribution < -0.4 is 22.3 Å². The summed E-state index contributed by atoms with van der Waals surface area (Å²) >= 11 is 1.39. The smallest absolute Gasteiger partial charge is 0.404 e. The summed E-state index contributed by atoms with van der Waals surface area (Å²) in [4.78, 5) is 18.6. The lowest BCUT2D eigenvalue weighted by molar-refractivity contribution is 0.161. The first-order valence-electron chi connectivity index (χ1n) is 4.71. The number of primary amides is 1. The predicted octanol–water partition coefficient (Wildman–Crippen LogP) is -0.00870. The Balaban J connectivity index is 2.54. The standard InChI is InChI=1S/C8H14N6O2S/c1-17-8-12-5(4-6(13-8)14-10)11-2-3-16-7(9)15/h4H,2-3,10H2,1H3,(H2,9,15)(H2,11,12,13,14). The largest absolute Gasteiger partial charge is 0.448 e. The van der Waals surface area contributed by atoms with Crippen LogP contribution in [0.15, 0.2) is 11.2 Å². The summed E-state index contributed by atoms with van der Waals surface area (Å²) in [7, 11) is 0. The molecule has 0 saturated carbocycles. The van der Waals surface area contributed by atoms with Gasteiger partial charge in [-0.1, -0.05) is 11.8 Å². The summed E-state index contributed by atoms with van der Waals surface area (Å²) in [5, 5.41) is 3.54. The Morgan fingerprint density at radius 3 is 2.82 bits per heavy atom. The number of carbonyl (C=O) groups excluding carboxylic acids is 1. The van der Waals surface area contributed by atoms with Crippen molar-refractivity contribution >= 4 is 29.5 Å². The monoisotopic (exact) mass is 258 g/mol. The fourth-order valence-corrected chi connectivity index (χ4v) is 1.39. The topological polar surface area (TPSA) is 128 Å². The van der Waals surface area contributed by atoms with Crippen molar-refractivity contribution in [1.82, 2.24) is 9.97 Å². The van der Waals surface area contributed by atoms with Gasteiger partial charge >= 0.3 is 6.09 Å². The fraction of sp³-hybridized carbons (Fsp3) is 0.375. The van der Waals surface area contributed by atoms with Crippen LogP contribution in [0.5, 0.6) is 0 Å². The van der Waals surface area contributed by atoms with Crippen molar-refractivity contribution in [3.63, 3.8) is 0 Å². The Bertz CT molecular complexity index is 366. The highest BCUT2D eigenvalue weighted by Crippen LogP contribution is 2.16. The number of nitrogens with two attached hydrogens (primary N) is 2. The van der Waals surface area contributed by atoms with Crippen molar-refractivity contribution in [2.24, 2.45) is 11.6 Å². The van der Waals surface area contributed by atoms with Crippen LogP contribution in [-0.4, -0.2) is 35.5 Å². The van der Waals surface area contributed by atoms with Gasteiger partial charge in [-0.2, -0.15) is 0 Å². The number of ether oxygens (including phenoxy) is 1. The van der Waals surface area contributed by atoms with E-state index < -0.39 is 6.09 Å². The number of nitrogens with zero attached hydrogens (tertiary/aromatic N) is 2. The average Bonchev–Trinajstić information content (AvgIpc) is 2.34. The van der Waals surface area contributed by atoms with Crippen LogP contribution in [0.25, 0.3) is 0 Å². The molecule has 1 aromatic heterocycles. The average molecular weight is 258 g/mol. The third kappa shape index (κ3) is 4.74. The number of thioether (sulfide) groups is 1. The molecule has 1 aromatic rings. The van der Waals surface area contributed by atoms with Gasteiger partial charge in [-0.15, -0.1) is 0 Å². The zero-order chi connectivity index (χ0) is 12.7. The fourth-order valence-electron chi connectivity index (χ4n) is 1.01. The van der Waals surface area contributed by atoms with Crippen molar-refractivity contribution in [3.05, 3.63) is 6.07 Å². The Hall–Kier alpha value is -1.74. The third-order valence-corrected chi connectivity index (χ3v) is 2.24. The van der Waals surface area contributed by atoms with E-state index in [9.17, 15) is 4.79 Å². The van der Waals surface area contributed by atoms with Gasteiger partial charge in [0.05, 0.1) is 6.54 Å². The van der Waals surface area contributed by atoms with Gasteiger partial charge in [-0.3, -0.25) is 0 Å². The molecule has 0 atom stereocenters. The molecule has 8 nitrogen and oxygen atoms in total. The van der Waals surface area contributed by atoms with Gasteiger partial charge in [-0.25, -0.2) is 20.6 Å². The Labute approximate surface area is 102 Å². The van der Waals surface area contributed by atoms with Crippen LogP contribution in [-0.2, 0) is 4.74 Å². The van der Waals surface area contributed by atoms with E-state index in [0.717, 1.165) is 0 Å². The molecule has 0 unspecified atom stereocenters. The Kier molecular flexibility index (Phi) is 5.30. The van der Waals surface area contributed by atoms with E-state index in [4.69, 9.17) is 11.6 Å². The number of nitrogen functional groups attached to an aromatic ring is 1. The second-order valence-corrected chi connectivity index (χ2v) is 3.64. The summed E-state index contributed by atoms with van der Waals surface area (Å²) < 4.78 is 4.56. The van der Waals surface area contributed by atoms with Gasteiger partial charge in [-0.05, 0) is 6.26 Å². The molecule has 9 heteroatoms. The lowest BCUT2D eigenvalue weighted by Gasteiger charge is -2.08. The summed E-state index contributed by atoms with van der Waals surface area (Å²) in [6, 6.07) is 1.64. The number of hydrogen-bond donors (Lipinski definition) is 4. The maximum Gasteiger partial charge on any atom is 0.404 e. The molecule has 0 bridgehead atoms. The van der Waals surface area contributed by atoms with Gasteiger partial charge in [0.15, 0.2) is 5.16 Å². The predicted molar refractivity (Wildman–Crippen MR) is 65.6 cm³/mol. The number of hydrogen-bond acceptors (Lipinski definition) is 8. The first-order chi connectivity index (χ1) is 8.15. The zero-order valence-corrected chi connectivity index (χ0v) is 10.1. The molecule has 0 radical (unpaired) electrons. The minimum Gasteiger partial charge on any atom is -0.448 e. The lowest BCUT2D eigenvalue weighted by Crippen LogP contribution is -2.19. The number of rotatable bonds is 6. The molecule has 0 aliphatic carbocycles. The van der Waals surface area contributed by atoms with Gasteiger partial charge in [0.2, 0.25) is 0 Å². The number of hydrazine groups is 1. The third-order valence-electron chi connectivity index (χ3n) is 1.69. The van der Waals surface area contributed by atoms with Gasteiger partial charge in [0.25, 0.3) is 0 Å². The van der Waals surface area contributed by atoms with Crippen molar-refractivity contribution in [2.75, 3.05) is 30.1 Å². The number of carbonyl (C=O) groups is 1. The summed E-state index contributed by atoms with van der Waals surface area (Å²) in [6.07, 6.45) is 1.05. The van der Waals surface area contributed by atoms with Crippen LogP contribution in [0.4, 0.5) is 16.4 Å². The summed E-state index contributed by atoms with van der Waals surface area (Å²) in [6.45, 7) is 0.567. The quantitative estimate of drug-likeness (QED) is 0.184. The van der Waals surface area contributed by atoms with Gasteiger partial charge < -0.3 is 21.2 Å². The zero-order valence-electron chi connectivity index (χ0n) is 9.27. The number of amides is 1. The molecule has 0 fully saturated rings. The SMILES string of the molecule is CSc1nc(NN)cc(NCCOC(N)=O)n1. The summed E-state index contributed by atoms with van der Waals surface area (Å²) in [5.41, 5.74) is 7.26. The van der Waals surface area contributed by atoms with E-state index in [0.29, 0.717) is 23.3 Å². The van der Waals surface area contributed by atoms with E-state index in [1.54, 1.807) is 6.07 Å². The van der Waals surface area contributed by atoms with Crippen molar-refractivity contribution in [2.45, 2.75) is 5.16 Å². The first kappa shape index (κ1) is 13.3. The highest BCUT2D eigenvalue weighted by molar-refractivity contribution is 7.98. The molecule has 1 heterocycles. The number of aromatic nitrogens is 2. The minimum absolute atomic E-state index is 0.166. The molecule has 0 aliphatic heterocycles. The Morgan fingerprint density at radius 2 is 2.24 bits per heavy atom. The number of anilines is 2. The minimum atomic E-state index is -0.802. The van der Waals surface area contributed by atoms with E-state index in [-0.39, 0.29) is 6.61 Å². The molecule has 0 saturated heterocycles. The second kappa shape index (κ2) is 6.76. The molecular formula is C8H14N6O2S. The van der Waals surface area contributed by atoms with Crippen LogP contribution in [0, 0.1) is 0 Å². The maximum absolute atomic E-state index is 10.3. The highest BCUT2D eigenvalue weighted by Gasteiger charge is 2.02. The van der Waals surface area contributed by atoms with Crippen LogP contribution >= 0.6 is 11.8 Å². The highest BCUT2D eigenvalue weighted by atomic mass is 32.2. The van der Waals surface area contributed by atoms with Crippen molar-refractivity contribution < 1.29 is 9.53 Å². The molecule has 94 valence electrons. The summed E-state index contributed by atoms with van der Waals surface area (Å²) in [5.74, 6) is 6.36. The van der Waals surface area contributed by atoms with E-state index >= 15 is 0 Å². The van der Waals surface area contributed by atoms with Gasteiger partial charge in [0, 0.05) is 6.07 Å². The lowest BCUT2D eigenvalue weighted by atomic mass is 10.5. The van der Waals surface area contributed by atoms with E-state index in [2.05, 4.69) is 25.4 Å². The van der Waals surface area contributed by atoms with E-state index in [1.807, 2.05) is 6.26 Å². The van der Waals surface area contributed by atoms with Crippen LogP contribution in [0.2, 0.25) is 0 Å². The molecule has 6 N–H and O–H groups in total. The van der Waals surface area contributed by atoms with Crippen LogP contribution in [0.1, 0.15) is 0 Å². The molecule has 17 heavy (non-hydrogen) atoms. The van der Waals surface area contributed by atoms with Crippen LogP contribution in [0.3, 0.4) is 0 Å².